The summed E-state index contributed by atoms with van der Waals surface area (Å²) < 4.78 is 5.16. The SMILES string of the molecule is O=C(COc1ccccc1O)Nc1nccs1. The first-order valence-electron chi connectivity index (χ1n) is 4.86. The van der Waals surface area contributed by atoms with Crippen molar-refractivity contribution in [1.82, 2.24) is 4.98 Å². The molecule has 0 radical (unpaired) electrons. The van der Waals surface area contributed by atoms with E-state index in [1.807, 2.05) is 0 Å². The Morgan fingerprint density at radius 3 is 3.00 bits per heavy atom. The first kappa shape index (κ1) is 11.4. The van der Waals surface area contributed by atoms with Crippen molar-refractivity contribution in [2.75, 3.05) is 11.9 Å². The number of para-hydroxylation sites is 2. The minimum absolute atomic E-state index is 0.00884. The second-order valence-corrected chi connectivity index (χ2v) is 4.04. The van der Waals surface area contributed by atoms with Gasteiger partial charge in [0.05, 0.1) is 0 Å². The quantitative estimate of drug-likeness (QED) is 0.869. The summed E-state index contributed by atoms with van der Waals surface area (Å²) >= 11 is 1.33. The van der Waals surface area contributed by atoms with E-state index in [4.69, 9.17) is 4.74 Å². The molecular formula is C11H10N2O3S. The van der Waals surface area contributed by atoms with E-state index in [9.17, 15) is 9.90 Å². The van der Waals surface area contributed by atoms with Gasteiger partial charge in [-0.2, -0.15) is 0 Å². The number of amides is 1. The molecule has 1 aromatic carbocycles. The molecule has 1 aromatic heterocycles. The number of carbonyl (C=O) groups excluding carboxylic acids is 1. The number of ether oxygens (including phenoxy) is 1. The van der Waals surface area contributed by atoms with Gasteiger partial charge in [0, 0.05) is 11.6 Å². The average Bonchev–Trinajstić information content (AvgIpc) is 2.81. The van der Waals surface area contributed by atoms with Crippen molar-refractivity contribution in [3.8, 4) is 11.5 Å². The number of phenolic OH excluding ortho intramolecular Hbond substituents is 1. The van der Waals surface area contributed by atoms with Crippen molar-refractivity contribution in [2.24, 2.45) is 0 Å². The van der Waals surface area contributed by atoms with Crippen molar-refractivity contribution in [1.29, 1.82) is 0 Å². The summed E-state index contributed by atoms with van der Waals surface area (Å²) in [7, 11) is 0. The van der Waals surface area contributed by atoms with Gasteiger partial charge < -0.3 is 9.84 Å². The fourth-order valence-corrected chi connectivity index (χ4v) is 1.71. The van der Waals surface area contributed by atoms with Crippen LogP contribution < -0.4 is 10.1 Å². The fraction of sp³-hybridized carbons (Fsp3) is 0.0909. The van der Waals surface area contributed by atoms with Crippen LogP contribution in [0.1, 0.15) is 0 Å². The summed E-state index contributed by atoms with van der Waals surface area (Å²) in [4.78, 5) is 15.4. The Hall–Kier alpha value is -2.08. The number of phenols is 1. The Labute approximate surface area is 102 Å². The van der Waals surface area contributed by atoms with Crippen molar-refractivity contribution in [2.45, 2.75) is 0 Å². The zero-order chi connectivity index (χ0) is 12.1. The highest BCUT2D eigenvalue weighted by Crippen LogP contribution is 2.24. The third-order valence-electron chi connectivity index (χ3n) is 1.90. The lowest BCUT2D eigenvalue weighted by molar-refractivity contribution is -0.118. The van der Waals surface area contributed by atoms with Gasteiger partial charge in [0.25, 0.3) is 5.91 Å². The molecule has 0 aliphatic carbocycles. The highest BCUT2D eigenvalue weighted by molar-refractivity contribution is 7.13. The first-order valence-corrected chi connectivity index (χ1v) is 5.74. The number of hydrogen-bond acceptors (Lipinski definition) is 5. The van der Waals surface area contributed by atoms with E-state index in [-0.39, 0.29) is 24.0 Å². The van der Waals surface area contributed by atoms with Gasteiger partial charge >= 0.3 is 0 Å². The summed E-state index contributed by atoms with van der Waals surface area (Å²) in [6.45, 7) is -0.169. The van der Waals surface area contributed by atoms with Crippen LogP contribution in [0.25, 0.3) is 0 Å². The highest BCUT2D eigenvalue weighted by atomic mass is 32.1. The van der Waals surface area contributed by atoms with Gasteiger partial charge in [-0.1, -0.05) is 12.1 Å². The molecule has 1 heterocycles. The van der Waals surface area contributed by atoms with E-state index in [1.54, 1.807) is 29.8 Å². The molecule has 0 saturated heterocycles. The minimum atomic E-state index is -0.316. The maximum atomic E-state index is 11.4. The van der Waals surface area contributed by atoms with Gasteiger partial charge in [-0.05, 0) is 12.1 Å². The van der Waals surface area contributed by atoms with E-state index in [1.165, 1.54) is 17.4 Å². The van der Waals surface area contributed by atoms with Crippen LogP contribution in [0.3, 0.4) is 0 Å². The maximum Gasteiger partial charge on any atom is 0.264 e. The zero-order valence-corrected chi connectivity index (χ0v) is 9.61. The third kappa shape index (κ3) is 3.18. The molecule has 2 rings (SSSR count). The molecule has 0 aliphatic heterocycles. The van der Waals surface area contributed by atoms with Crippen molar-refractivity contribution < 1.29 is 14.6 Å². The van der Waals surface area contributed by atoms with Crippen molar-refractivity contribution in [3.63, 3.8) is 0 Å². The molecule has 5 nitrogen and oxygen atoms in total. The molecule has 0 fully saturated rings. The smallest absolute Gasteiger partial charge is 0.264 e. The van der Waals surface area contributed by atoms with Gasteiger partial charge in [0.1, 0.15) is 0 Å². The summed E-state index contributed by atoms with van der Waals surface area (Å²) in [6, 6.07) is 6.48. The number of nitrogens with zero attached hydrogens (tertiary/aromatic N) is 1. The molecular weight excluding hydrogens is 240 g/mol. The number of aromatic hydroxyl groups is 1. The zero-order valence-electron chi connectivity index (χ0n) is 8.79. The molecule has 0 unspecified atom stereocenters. The Bertz CT molecular complexity index is 499. The number of rotatable bonds is 4. The molecule has 17 heavy (non-hydrogen) atoms. The van der Waals surface area contributed by atoms with E-state index < -0.39 is 0 Å². The molecule has 0 saturated carbocycles. The highest BCUT2D eigenvalue weighted by Gasteiger charge is 2.06. The predicted octanol–water partition coefficient (Wildman–Crippen LogP) is 1.87. The van der Waals surface area contributed by atoms with Gasteiger partial charge in [-0.3, -0.25) is 10.1 Å². The number of benzene rings is 1. The maximum absolute atomic E-state index is 11.4. The normalized spacial score (nSPS) is 9.88. The Morgan fingerprint density at radius 1 is 1.47 bits per heavy atom. The number of anilines is 1. The Morgan fingerprint density at radius 2 is 2.29 bits per heavy atom. The van der Waals surface area contributed by atoms with Crippen LogP contribution in [0.2, 0.25) is 0 Å². The lowest BCUT2D eigenvalue weighted by Crippen LogP contribution is -2.19. The topological polar surface area (TPSA) is 71.5 Å². The summed E-state index contributed by atoms with van der Waals surface area (Å²) in [5.41, 5.74) is 0. The molecule has 0 aliphatic rings. The third-order valence-corrected chi connectivity index (χ3v) is 2.59. The molecule has 1 amide bonds. The van der Waals surface area contributed by atoms with Crippen molar-refractivity contribution in [3.05, 3.63) is 35.8 Å². The monoisotopic (exact) mass is 250 g/mol. The molecule has 88 valence electrons. The fourth-order valence-electron chi connectivity index (χ4n) is 1.16. The standard InChI is InChI=1S/C11H10N2O3S/c14-8-3-1-2-4-9(8)16-7-10(15)13-11-12-5-6-17-11/h1-6,14H,7H2,(H,12,13,15). The van der Waals surface area contributed by atoms with Crippen LogP contribution in [0.15, 0.2) is 35.8 Å². The molecule has 0 atom stereocenters. The Kier molecular flexibility index (Phi) is 3.56. The van der Waals surface area contributed by atoms with Crippen molar-refractivity contribution >= 4 is 22.4 Å². The van der Waals surface area contributed by atoms with Crippen LogP contribution >= 0.6 is 11.3 Å². The van der Waals surface area contributed by atoms with Crippen LogP contribution in [0.4, 0.5) is 5.13 Å². The molecule has 2 aromatic rings. The predicted molar refractivity (Wildman–Crippen MR) is 64.3 cm³/mol. The second-order valence-electron chi connectivity index (χ2n) is 3.14. The van der Waals surface area contributed by atoms with E-state index in [2.05, 4.69) is 10.3 Å². The average molecular weight is 250 g/mol. The number of hydrogen-bond donors (Lipinski definition) is 2. The lowest BCUT2D eigenvalue weighted by atomic mass is 10.3. The van der Waals surface area contributed by atoms with Gasteiger partial charge in [0.15, 0.2) is 23.2 Å². The molecule has 0 bridgehead atoms. The van der Waals surface area contributed by atoms with Gasteiger partial charge in [-0.25, -0.2) is 4.98 Å². The van der Waals surface area contributed by atoms with Crippen LogP contribution in [-0.2, 0) is 4.79 Å². The first-order chi connectivity index (χ1) is 8.25. The van der Waals surface area contributed by atoms with Crippen LogP contribution in [0, 0.1) is 0 Å². The lowest BCUT2D eigenvalue weighted by Gasteiger charge is -2.06. The largest absolute Gasteiger partial charge is 0.504 e. The molecule has 0 spiro atoms. The Balaban J connectivity index is 1.86. The molecule has 6 heteroatoms. The number of nitrogens with one attached hydrogen (secondary N) is 1. The second kappa shape index (κ2) is 5.31. The minimum Gasteiger partial charge on any atom is -0.504 e. The molecule has 2 N–H and O–H groups in total. The van der Waals surface area contributed by atoms with E-state index in [0.29, 0.717) is 5.13 Å². The van der Waals surface area contributed by atoms with Gasteiger partial charge in [-0.15, -0.1) is 11.3 Å². The summed E-state index contributed by atoms with van der Waals surface area (Å²) in [5, 5.41) is 14.3. The number of thiazole rings is 1. The van der Waals surface area contributed by atoms with E-state index in [0.717, 1.165) is 0 Å². The van der Waals surface area contributed by atoms with Crippen LogP contribution in [-0.4, -0.2) is 22.6 Å². The summed E-state index contributed by atoms with van der Waals surface area (Å²) in [6.07, 6.45) is 1.60. The van der Waals surface area contributed by atoms with Gasteiger partial charge in [0.2, 0.25) is 0 Å². The number of carbonyl (C=O) groups is 1. The summed E-state index contributed by atoms with van der Waals surface area (Å²) in [5.74, 6) is -0.0282. The van der Waals surface area contributed by atoms with E-state index >= 15 is 0 Å². The number of aromatic nitrogens is 1. The van der Waals surface area contributed by atoms with Crippen LogP contribution in [0.5, 0.6) is 11.5 Å².